The van der Waals surface area contributed by atoms with E-state index in [9.17, 15) is 4.79 Å². The van der Waals surface area contributed by atoms with Gasteiger partial charge in [-0.2, -0.15) is 0 Å². The SMILES string of the molecule is NC(=O)c1ccccc1CSc1ccc(N)cc1Br. The molecule has 0 aliphatic carbocycles. The van der Waals surface area contributed by atoms with E-state index in [4.69, 9.17) is 11.5 Å². The quantitative estimate of drug-likeness (QED) is 0.663. The second-order valence-corrected chi connectivity index (χ2v) is 5.87. The zero-order valence-corrected chi connectivity index (χ0v) is 12.5. The first-order valence-electron chi connectivity index (χ1n) is 5.63. The molecule has 98 valence electrons. The maximum absolute atomic E-state index is 11.3. The smallest absolute Gasteiger partial charge is 0.249 e. The van der Waals surface area contributed by atoms with Crippen LogP contribution < -0.4 is 11.5 Å². The number of hydrogen-bond acceptors (Lipinski definition) is 3. The van der Waals surface area contributed by atoms with Crippen LogP contribution in [0.4, 0.5) is 5.69 Å². The standard InChI is InChI=1S/C14H13BrN2OS/c15-12-7-10(16)5-6-13(12)19-8-9-3-1-2-4-11(9)14(17)18/h1-7H,8,16H2,(H2,17,18). The van der Waals surface area contributed by atoms with Crippen molar-refractivity contribution in [3.63, 3.8) is 0 Å². The fourth-order valence-corrected chi connectivity index (χ4v) is 3.34. The molecule has 0 bridgehead atoms. The molecule has 19 heavy (non-hydrogen) atoms. The van der Waals surface area contributed by atoms with Crippen molar-refractivity contribution < 1.29 is 4.79 Å². The summed E-state index contributed by atoms with van der Waals surface area (Å²) in [5.41, 5.74) is 13.3. The Morgan fingerprint density at radius 1 is 1.21 bits per heavy atom. The van der Waals surface area contributed by atoms with Crippen molar-refractivity contribution in [1.29, 1.82) is 0 Å². The summed E-state index contributed by atoms with van der Waals surface area (Å²) in [4.78, 5) is 12.4. The molecular weight excluding hydrogens is 324 g/mol. The van der Waals surface area contributed by atoms with Crippen molar-refractivity contribution in [3.8, 4) is 0 Å². The van der Waals surface area contributed by atoms with Crippen molar-refractivity contribution in [2.45, 2.75) is 10.6 Å². The number of anilines is 1. The lowest BCUT2D eigenvalue weighted by Crippen LogP contribution is -2.13. The van der Waals surface area contributed by atoms with Gasteiger partial charge in [0.2, 0.25) is 5.91 Å². The van der Waals surface area contributed by atoms with Gasteiger partial charge in [0.25, 0.3) is 0 Å². The summed E-state index contributed by atoms with van der Waals surface area (Å²) in [5, 5.41) is 0. The number of benzene rings is 2. The van der Waals surface area contributed by atoms with E-state index in [2.05, 4.69) is 15.9 Å². The number of amides is 1. The summed E-state index contributed by atoms with van der Waals surface area (Å²) in [6.07, 6.45) is 0. The van der Waals surface area contributed by atoms with E-state index in [1.807, 2.05) is 36.4 Å². The zero-order chi connectivity index (χ0) is 13.8. The Morgan fingerprint density at radius 3 is 2.63 bits per heavy atom. The Hall–Kier alpha value is -1.46. The summed E-state index contributed by atoms with van der Waals surface area (Å²) >= 11 is 5.11. The second kappa shape index (κ2) is 6.12. The average Bonchev–Trinajstić information content (AvgIpc) is 2.38. The lowest BCUT2D eigenvalue weighted by molar-refractivity contribution is 0.0999. The van der Waals surface area contributed by atoms with E-state index >= 15 is 0 Å². The van der Waals surface area contributed by atoms with Crippen molar-refractivity contribution in [2.24, 2.45) is 5.73 Å². The monoisotopic (exact) mass is 336 g/mol. The lowest BCUT2D eigenvalue weighted by atomic mass is 10.1. The van der Waals surface area contributed by atoms with Crippen molar-refractivity contribution in [3.05, 3.63) is 58.1 Å². The summed E-state index contributed by atoms with van der Waals surface area (Å²) in [6, 6.07) is 13.1. The Kier molecular flexibility index (Phi) is 4.50. The number of primary amides is 1. The molecule has 0 spiro atoms. The molecule has 0 saturated carbocycles. The van der Waals surface area contributed by atoms with E-state index in [0.29, 0.717) is 17.0 Å². The minimum absolute atomic E-state index is 0.396. The fraction of sp³-hybridized carbons (Fsp3) is 0.0714. The highest BCUT2D eigenvalue weighted by Crippen LogP contribution is 2.32. The van der Waals surface area contributed by atoms with Crippen LogP contribution in [0.1, 0.15) is 15.9 Å². The van der Waals surface area contributed by atoms with Crippen molar-refractivity contribution in [1.82, 2.24) is 0 Å². The van der Waals surface area contributed by atoms with E-state index in [0.717, 1.165) is 14.9 Å². The first kappa shape index (κ1) is 14.0. The molecule has 2 aromatic rings. The second-order valence-electron chi connectivity index (χ2n) is 4.00. The number of carbonyl (C=O) groups excluding carboxylic acids is 1. The van der Waals surface area contributed by atoms with Gasteiger partial charge in [-0.05, 0) is 45.8 Å². The molecule has 0 saturated heterocycles. The molecule has 0 aliphatic heterocycles. The fourth-order valence-electron chi connectivity index (χ4n) is 1.68. The Labute approximate surface area is 124 Å². The van der Waals surface area contributed by atoms with Gasteiger partial charge in [-0.15, -0.1) is 11.8 Å². The number of halogens is 1. The minimum Gasteiger partial charge on any atom is -0.399 e. The van der Waals surface area contributed by atoms with Gasteiger partial charge in [0.15, 0.2) is 0 Å². The molecule has 2 rings (SSSR count). The van der Waals surface area contributed by atoms with Crippen LogP contribution in [0.3, 0.4) is 0 Å². The molecule has 0 unspecified atom stereocenters. The number of nitrogens with two attached hydrogens (primary N) is 2. The molecule has 2 aromatic carbocycles. The van der Waals surface area contributed by atoms with Gasteiger partial charge in [-0.25, -0.2) is 0 Å². The highest BCUT2D eigenvalue weighted by atomic mass is 79.9. The molecule has 0 aliphatic rings. The normalized spacial score (nSPS) is 10.4. The van der Waals surface area contributed by atoms with E-state index in [1.165, 1.54) is 0 Å². The molecule has 0 aromatic heterocycles. The molecule has 3 nitrogen and oxygen atoms in total. The maximum Gasteiger partial charge on any atom is 0.249 e. The molecule has 0 heterocycles. The van der Waals surface area contributed by atoms with E-state index in [-0.39, 0.29) is 0 Å². The van der Waals surface area contributed by atoms with Gasteiger partial charge in [-0.3, -0.25) is 4.79 Å². The Morgan fingerprint density at radius 2 is 1.95 bits per heavy atom. The highest BCUT2D eigenvalue weighted by molar-refractivity contribution is 9.10. The summed E-state index contributed by atoms with van der Waals surface area (Å²) in [6.45, 7) is 0. The molecular formula is C14H13BrN2OS. The van der Waals surface area contributed by atoms with Crippen LogP contribution >= 0.6 is 27.7 Å². The van der Waals surface area contributed by atoms with Crippen LogP contribution in [0.2, 0.25) is 0 Å². The van der Waals surface area contributed by atoms with Crippen LogP contribution in [0.5, 0.6) is 0 Å². The number of carbonyl (C=O) groups is 1. The third-order valence-electron chi connectivity index (χ3n) is 2.62. The molecule has 0 radical (unpaired) electrons. The average molecular weight is 337 g/mol. The van der Waals surface area contributed by atoms with Gasteiger partial charge < -0.3 is 11.5 Å². The van der Waals surface area contributed by atoms with Crippen molar-refractivity contribution in [2.75, 3.05) is 5.73 Å². The number of rotatable bonds is 4. The summed E-state index contributed by atoms with van der Waals surface area (Å²) < 4.78 is 0.953. The van der Waals surface area contributed by atoms with E-state index < -0.39 is 5.91 Å². The summed E-state index contributed by atoms with van der Waals surface area (Å²) in [5.74, 6) is 0.286. The summed E-state index contributed by atoms with van der Waals surface area (Å²) in [7, 11) is 0. The van der Waals surface area contributed by atoms with Crippen LogP contribution in [0, 0.1) is 0 Å². The first-order valence-corrected chi connectivity index (χ1v) is 7.41. The van der Waals surface area contributed by atoms with Gasteiger partial charge in [0.05, 0.1) is 0 Å². The van der Waals surface area contributed by atoms with E-state index in [1.54, 1.807) is 17.8 Å². The molecule has 0 atom stereocenters. The van der Waals surface area contributed by atoms with Gasteiger partial charge in [0, 0.05) is 26.4 Å². The largest absolute Gasteiger partial charge is 0.399 e. The number of hydrogen-bond donors (Lipinski definition) is 2. The predicted molar refractivity (Wildman–Crippen MR) is 83.1 cm³/mol. The molecule has 4 N–H and O–H groups in total. The van der Waals surface area contributed by atoms with Crippen molar-refractivity contribution >= 4 is 39.3 Å². The zero-order valence-electron chi connectivity index (χ0n) is 10.1. The molecule has 5 heteroatoms. The first-order chi connectivity index (χ1) is 9.08. The maximum atomic E-state index is 11.3. The van der Waals surface area contributed by atoms with Gasteiger partial charge in [0.1, 0.15) is 0 Å². The predicted octanol–water partition coefficient (Wildman–Crippen LogP) is 3.42. The Balaban J connectivity index is 2.17. The lowest BCUT2D eigenvalue weighted by Gasteiger charge is -2.08. The van der Waals surface area contributed by atoms with Crippen LogP contribution in [-0.2, 0) is 5.75 Å². The molecule has 1 amide bonds. The third kappa shape index (κ3) is 3.52. The molecule has 0 fully saturated rings. The number of nitrogen functional groups attached to an aromatic ring is 1. The Bertz CT molecular complexity index is 616. The highest BCUT2D eigenvalue weighted by Gasteiger charge is 2.08. The van der Waals surface area contributed by atoms with Gasteiger partial charge >= 0.3 is 0 Å². The van der Waals surface area contributed by atoms with Crippen LogP contribution in [-0.4, -0.2) is 5.91 Å². The van der Waals surface area contributed by atoms with Gasteiger partial charge in [-0.1, -0.05) is 18.2 Å². The topological polar surface area (TPSA) is 69.1 Å². The minimum atomic E-state index is -0.396. The van der Waals surface area contributed by atoms with Crippen LogP contribution in [0.15, 0.2) is 51.8 Å². The third-order valence-corrected chi connectivity index (χ3v) is 4.66. The van der Waals surface area contributed by atoms with Crippen LogP contribution in [0.25, 0.3) is 0 Å². The number of thioether (sulfide) groups is 1.